The Kier molecular flexibility index (Phi) is 6.76. The molecule has 0 bridgehead atoms. The molecule has 0 aromatic heterocycles. The molecular formula is C21H15ClF3N3O3. The number of hydrazone groups is 1. The average molecular weight is 450 g/mol. The molecule has 3 aromatic rings. The van der Waals surface area contributed by atoms with Crippen LogP contribution in [0.5, 0.6) is 5.75 Å². The first-order valence-electron chi connectivity index (χ1n) is 8.85. The van der Waals surface area contributed by atoms with Crippen LogP contribution in [0.4, 0.5) is 24.5 Å². The maximum atomic E-state index is 12.8. The Morgan fingerprint density at radius 3 is 2.45 bits per heavy atom. The van der Waals surface area contributed by atoms with Gasteiger partial charge in [0.25, 0.3) is 5.69 Å². The van der Waals surface area contributed by atoms with Gasteiger partial charge in [-0.3, -0.25) is 15.5 Å². The highest BCUT2D eigenvalue weighted by atomic mass is 35.5. The zero-order valence-electron chi connectivity index (χ0n) is 15.8. The van der Waals surface area contributed by atoms with Crippen molar-refractivity contribution in [3.05, 3.63) is 98.6 Å². The van der Waals surface area contributed by atoms with Crippen molar-refractivity contribution in [3.63, 3.8) is 0 Å². The van der Waals surface area contributed by atoms with Crippen molar-refractivity contribution in [2.45, 2.75) is 12.8 Å². The van der Waals surface area contributed by atoms with E-state index < -0.39 is 22.4 Å². The van der Waals surface area contributed by atoms with Gasteiger partial charge in [0.15, 0.2) is 0 Å². The molecule has 0 radical (unpaired) electrons. The minimum absolute atomic E-state index is 0.158. The second kappa shape index (κ2) is 9.48. The number of nitrogens with one attached hydrogen (secondary N) is 1. The highest BCUT2D eigenvalue weighted by molar-refractivity contribution is 6.31. The van der Waals surface area contributed by atoms with E-state index in [2.05, 4.69) is 10.5 Å². The lowest BCUT2D eigenvalue weighted by Crippen LogP contribution is -2.06. The van der Waals surface area contributed by atoms with Crippen molar-refractivity contribution in [1.29, 1.82) is 0 Å². The zero-order valence-corrected chi connectivity index (χ0v) is 16.5. The summed E-state index contributed by atoms with van der Waals surface area (Å²) in [6.45, 7) is 0.298. The molecular weight excluding hydrogens is 435 g/mol. The summed E-state index contributed by atoms with van der Waals surface area (Å²) >= 11 is 6.08. The third-order valence-electron chi connectivity index (χ3n) is 4.15. The van der Waals surface area contributed by atoms with E-state index in [1.807, 2.05) is 18.2 Å². The third-order valence-corrected chi connectivity index (χ3v) is 4.52. The summed E-state index contributed by atoms with van der Waals surface area (Å²) in [7, 11) is 0. The van der Waals surface area contributed by atoms with E-state index in [0.29, 0.717) is 29.0 Å². The number of hydrogen-bond donors (Lipinski definition) is 1. The van der Waals surface area contributed by atoms with Gasteiger partial charge in [0.1, 0.15) is 18.0 Å². The SMILES string of the molecule is O=[N+]([O-])c1cc(C(F)(F)F)ccc1N/N=C\c1ccc(OCc2ccccc2Cl)cc1. The number of ether oxygens (including phenoxy) is 1. The number of nitro benzene ring substituents is 1. The fourth-order valence-corrected chi connectivity index (χ4v) is 2.75. The minimum atomic E-state index is -4.68. The molecule has 0 spiro atoms. The highest BCUT2D eigenvalue weighted by Crippen LogP contribution is 2.35. The average Bonchev–Trinajstić information content (AvgIpc) is 2.73. The summed E-state index contributed by atoms with van der Waals surface area (Å²) in [4.78, 5) is 10.2. The molecule has 0 saturated heterocycles. The lowest BCUT2D eigenvalue weighted by Gasteiger charge is -2.08. The van der Waals surface area contributed by atoms with E-state index in [1.54, 1.807) is 30.3 Å². The van der Waals surface area contributed by atoms with Crippen molar-refractivity contribution in [1.82, 2.24) is 0 Å². The van der Waals surface area contributed by atoms with Crippen molar-refractivity contribution < 1.29 is 22.8 Å². The first-order chi connectivity index (χ1) is 14.7. The zero-order chi connectivity index (χ0) is 22.4. The summed E-state index contributed by atoms with van der Waals surface area (Å²) in [5.41, 5.74) is 1.90. The molecule has 3 rings (SSSR count). The lowest BCUT2D eigenvalue weighted by molar-refractivity contribution is -0.384. The molecule has 0 aliphatic rings. The first kappa shape index (κ1) is 22.1. The molecule has 6 nitrogen and oxygen atoms in total. The molecule has 0 fully saturated rings. The minimum Gasteiger partial charge on any atom is -0.489 e. The number of hydrogen-bond acceptors (Lipinski definition) is 5. The maximum absolute atomic E-state index is 12.8. The van der Waals surface area contributed by atoms with E-state index in [9.17, 15) is 23.3 Å². The van der Waals surface area contributed by atoms with Crippen LogP contribution in [-0.4, -0.2) is 11.1 Å². The molecule has 0 aliphatic heterocycles. The predicted octanol–water partition coefficient (Wildman–Crippen LogP) is 6.29. The van der Waals surface area contributed by atoms with E-state index in [0.717, 1.165) is 17.7 Å². The van der Waals surface area contributed by atoms with Gasteiger partial charge in [-0.2, -0.15) is 18.3 Å². The van der Waals surface area contributed by atoms with E-state index in [4.69, 9.17) is 16.3 Å². The fourth-order valence-electron chi connectivity index (χ4n) is 2.56. The van der Waals surface area contributed by atoms with Gasteiger partial charge in [0.05, 0.1) is 16.7 Å². The summed E-state index contributed by atoms with van der Waals surface area (Å²) in [5, 5.41) is 15.5. The van der Waals surface area contributed by atoms with Gasteiger partial charge >= 0.3 is 6.18 Å². The Bertz CT molecular complexity index is 1100. The number of benzene rings is 3. The molecule has 0 atom stereocenters. The van der Waals surface area contributed by atoms with Crippen LogP contribution in [0, 0.1) is 10.1 Å². The Morgan fingerprint density at radius 1 is 1.10 bits per heavy atom. The second-order valence-electron chi connectivity index (χ2n) is 6.31. The molecule has 1 N–H and O–H groups in total. The Balaban J connectivity index is 1.63. The van der Waals surface area contributed by atoms with Crippen LogP contribution < -0.4 is 10.2 Å². The summed E-state index contributed by atoms with van der Waals surface area (Å²) in [5.74, 6) is 0.600. The maximum Gasteiger partial charge on any atom is 0.416 e. The standard InChI is InChI=1S/C21H15ClF3N3O3/c22-18-4-2-1-3-15(18)13-31-17-8-5-14(6-9-17)12-26-27-19-10-7-16(21(23,24)25)11-20(19)28(29)30/h1-12,27H,13H2/b26-12-. The normalized spacial score (nSPS) is 11.5. The number of nitrogens with zero attached hydrogens (tertiary/aromatic N) is 2. The monoisotopic (exact) mass is 449 g/mol. The number of rotatable bonds is 7. The number of alkyl halides is 3. The molecule has 0 aliphatic carbocycles. The molecule has 0 saturated carbocycles. The van der Waals surface area contributed by atoms with Crippen LogP contribution >= 0.6 is 11.6 Å². The van der Waals surface area contributed by atoms with Crippen molar-refractivity contribution in [2.75, 3.05) is 5.43 Å². The van der Waals surface area contributed by atoms with Gasteiger partial charge < -0.3 is 4.74 Å². The van der Waals surface area contributed by atoms with Crippen LogP contribution in [0.25, 0.3) is 0 Å². The smallest absolute Gasteiger partial charge is 0.416 e. The molecule has 0 amide bonds. The van der Waals surface area contributed by atoms with Gasteiger partial charge in [0, 0.05) is 16.7 Å². The van der Waals surface area contributed by atoms with Gasteiger partial charge in [-0.05, 0) is 48.0 Å². The molecule has 31 heavy (non-hydrogen) atoms. The van der Waals surface area contributed by atoms with Crippen LogP contribution in [0.15, 0.2) is 71.8 Å². The van der Waals surface area contributed by atoms with Gasteiger partial charge in [0.2, 0.25) is 0 Å². The highest BCUT2D eigenvalue weighted by Gasteiger charge is 2.33. The Morgan fingerprint density at radius 2 is 1.81 bits per heavy atom. The van der Waals surface area contributed by atoms with Crippen LogP contribution in [-0.2, 0) is 12.8 Å². The third kappa shape index (κ3) is 5.95. The molecule has 0 heterocycles. The summed E-state index contributed by atoms with van der Waals surface area (Å²) in [6.07, 6.45) is -3.30. The van der Waals surface area contributed by atoms with Crippen LogP contribution in [0.1, 0.15) is 16.7 Å². The Hall–Kier alpha value is -3.59. The van der Waals surface area contributed by atoms with Crippen molar-refractivity contribution >= 4 is 29.2 Å². The van der Waals surface area contributed by atoms with Gasteiger partial charge in [-0.1, -0.05) is 29.8 Å². The number of anilines is 1. The van der Waals surface area contributed by atoms with E-state index in [-0.39, 0.29) is 5.69 Å². The van der Waals surface area contributed by atoms with Crippen molar-refractivity contribution in [3.8, 4) is 5.75 Å². The summed E-state index contributed by atoms with van der Waals surface area (Å²) < 4.78 is 43.9. The van der Waals surface area contributed by atoms with Crippen LogP contribution in [0.3, 0.4) is 0 Å². The fraction of sp³-hybridized carbons (Fsp3) is 0.0952. The van der Waals surface area contributed by atoms with Gasteiger partial charge in [-0.25, -0.2) is 0 Å². The predicted molar refractivity (Wildman–Crippen MR) is 112 cm³/mol. The molecule has 160 valence electrons. The largest absolute Gasteiger partial charge is 0.489 e. The van der Waals surface area contributed by atoms with E-state index in [1.165, 1.54) is 6.21 Å². The quantitative estimate of drug-likeness (QED) is 0.261. The van der Waals surface area contributed by atoms with Gasteiger partial charge in [-0.15, -0.1) is 0 Å². The summed E-state index contributed by atoms with van der Waals surface area (Å²) in [6, 6.07) is 16.3. The molecule has 3 aromatic carbocycles. The van der Waals surface area contributed by atoms with E-state index >= 15 is 0 Å². The van der Waals surface area contributed by atoms with Crippen LogP contribution in [0.2, 0.25) is 5.02 Å². The number of nitro groups is 1. The molecule has 10 heteroatoms. The number of halogens is 4. The molecule has 0 unspecified atom stereocenters. The Labute approximate surface area is 180 Å². The second-order valence-corrected chi connectivity index (χ2v) is 6.71. The van der Waals surface area contributed by atoms with Crippen molar-refractivity contribution in [2.24, 2.45) is 5.10 Å². The topological polar surface area (TPSA) is 76.8 Å². The lowest BCUT2D eigenvalue weighted by atomic mass is 10.1. The first-order valence-corrected chi connectivity index (χ1v) is 9.23.